The highest BCUT2D eigenvalue weighted by atomic mass is 16.2. The minimum Gasteiger partial charge on any atom is -0.340 e. The second-order valence-corrected chi connectivity index (χ2v) is 5.86. The van der Waals surface area contributed by atoms with Crippen LogP contribution in [0.4, 0.5) is 5.69 Å². The van der Waals surface area contributed by atoms with E-state index in [1.165, 1.54) is 0 Å². The van der Waals surface area contributed by atoms with Crippen LogP contribution in [0.2, 0.25) is 0 Å². The predicted octanol–water partition coefficient (Wildman–Crippen LogP) is 0.974. The standard InChI is InChI=1S/C14H20N4O2/c1-10-12(19)16-14(6-4-3-5-7-14)13(20)18(10)11-8-15-17(2)9-11/h8-10H,3-7H2,1-2H3,(H,16,19). The van der Waals surface area contributed by atoms with Crippen LogP contribution >= 0.6 is 0 Å². The molecule has 1 aromatic heterocycles. The zero-order valence-electron chi connectivity index (χ0n) is 11.9. The molecule has 2 amide bonds. The Morgan fingerprint density at radius 1 is 1.30 bits per heavy atom. The molecule has 2 fully saturated rings. The molecule has 1 saturated heterocycles. The van der Waals surface area contributed by atoms with Crippen molar-refractivity contribution in [3.05, 3.63) is 12.4 Å². The average Bonchev–Trinajstić information content (AvgIpc) is 2.85. The largest absolute Gasteiger partial charge is 0.340 e. The van der Waals surface area contributed by atoms with Crippen LogP contribution in [-0.4, -0.2) is 33.2 Å². The fraction of sp³-hybridized carbons (Fsp3) is 0.643. The van der Waals surface area contributed by atoms with E-state index in [1.54, 1.807) is 35.9 Å². The van der Waals surface area contributed by atoms with Crippen molar-refractivity contribution >= 4 is 17.5 Å². The van der Waals surface area contributed by atoms with E-state index in [2.05, 4.69) is 10.4 Å². The number of piperazine rings is 1. The minimum absolute atomic E-state index is 0.0114. The Labute approximate surface area is 118 Å². The van der Waals surface area contributed by atoms with Gasteiger partial charge >= 0.3 is 0 Å². The molecule has 3 rings (SSSR count). The molecule has 2 aliphatic rings. The number of hydrogen-bond acceptors (Lipinski definition) is 3. The molecule has 108 valence electrons. The number of carbonyl (C=O) groups is 2. The fourth-order valence-electron chi connectivity index (χ4n) is 3.29. The van der Waals surface area contributed by atoms with Gasteiger partial charge in [0.25, 0.3) is 5.91 Å². The number of aromatic nitrogens is 2. The molecule has 0 aromatic carbocycles. The number of aryl methyl sites for hydroxylation is 1. The predicted molar refractivity (Wildman–Crippen MR) is 74.1 cm³/mol. The third kappa shape index (κ3) is 1.90. The van der Waals surface area contributed by atoms with Crippen LogP contribution in [0, 0.1) is 0 Å². The van der Waals surface area contributed by atoms with Crippen molar-refractivity contribution in [1.29, 1.82) is 0 Å². The Hall–Kier alpha value is -1.85. The monoisotopic (exact) mass is 276 g/mol. The summed E-state index contributed by atoms with van der Waals surface area (Å²) >= 11 is 0. The molecule has 1 aromatic rings. The van der Waals surface area contributed by atoms with Crippen LogP contribution in [-0.2, 0) is 16.6 Å². The lowest BCUT2D eigenvalue weighted by Gasteiger charge is -2.46. The zero-order valence-corrected chi connectivity index (χ0v) is 11.9. The van der Waals surface area contributed by atoms with E-state index < -0.39 is 11.6 Å². The lowest BCUT2D eigenvalue weighted by atomic mass is 9.78. The second-order valence-electron chi connectivity index (χ2n) is 5.86. The molecule has 6 heteroatoms. The highest BCUT2D eigenvalue weighted by molar-refractivity contribution is 6.10. The molecule has 1 aliphatic heterocycles. The molecule has 1 saturated carbocycles. The summed E-state index contributed by atoms with van der Waals surface area (Å²) < 4.78 is 1.65. The van der Waals surface area contributed by atoms with Crippen LogP contribution in [0.25, 0.3) is 0 Å². The van der Waals surface area contributed by atoms with Gasteiger partial charge in [-0.3, -0.25) is 19.2 Å². The lowest BCUT2D eigenvalue weighted by molar-refractivity contribution is -0.139. The van der Waals surface area contributed by atoms with Gasteiger partial charge < -0.3 is 5.32 Å². The van der Waals surface area contributed by atoms with E-state index in [4.69, 9.17) is 0 Å². The maximum Gasteiger partial charge on any atom is 0.253 e. The Kier molecular flexibility index (Phi) is 3.03. The quantitative estimate of drug-likeness (QED) is 0.831. The van der Waals surface area contributed by atoms with Crippen LogP contribution in [0.1, 0.15) is 39.0 Å². The maximum atomic E-state index is 12.9. The van der Waals surface area contributed by atoms with Crippen LogP contribution in [0.3, 0.4) is 0 Å². The van der Waals surface area contributed by atoms with Gasteiger partial charge in [0.15, 0.2) is 0 Å². The molecule has 1 aliphatic carbocycles. The first-order valence-electron chi connectivity index (χ1n) is 7.18. The minimum atomic E-state index is -0.697. The number of carbonyl (C=O) groups excluding carboxylic acids is 2. The fourth-order valence-corrected chi connectivity index (χ4v) is 3.29. The van der Waals surface area contributed by atoms with Gasteiger partial charge in [0.1, 0.15) is 11.6 Å². The van der Waals surface area contributed by atoms with E-state index in [0.717, 1.165) is 32.1 Å². The van der Waals surface area contributed by atoms with Crippen LogP contribution in [0.5, 0.6) is 0 Å². The summed E-state index contributed by atoms with van der Waals surface area (Å²) in [6.07, 6.45) is 8.01. The Balaban J connectivity index is 1.98. The van der Waals surface area contributed by atoms with Gasteiger partial charge in [-0.15, -0.1) is 0 Å². The van der Waals surface area contributed by atoms with Gasteiger partial charge in [0.05, 0.1) is 11.9 Å². The summed E-state index contributed by atoms with van der Waals surface area (Å²) in [5, 5.41) is 7.09. The summed E-state index contributed by atoms with van der Waals surface area (Å²) in [7, 11) is 1.80. The van der Waals surface area contributed by atoms with E-state index in [0.29, 0.717) is 5.69 Å². The van der Waals surface area contributed by atoms with Crippen LogP contribution < -0.4 is 10.2 Å². The van der Waals surface area contributed by atoms with Crippen LogP contribution in [0.15, 0.2) is 12.4 Å². The third-order valence-corrected chi connectivity index (χ3v) is 4.43. The van der Waals surface area contributed by atoms with Crippen molar-refractivity contribution in [2.45, 2.75) is 50.6 Å². The molecule has 0 bridgehead atoms. The topological polar surface area (TPSA) is 67.2 Å². The van der Waals surface area contributed by atoms with Crippen molar-refractivity contribution in [2.24, 2.45) is 7.05 Å². The molecule has 0 radical (unpaired) electrons. The van der Waals surface area contributed by atoms with Crippen molar-refractivity contribution in [3.8, 4) is 0 Å². The van der Waals surface area contributed by atoms with Gasteiger partial charge in [0.2, 0.25) is 5.91 Å². The smallest absolute Gasteiger partial charge is 0.253 e. The average molecular weight is 276 g/mol. The van der Waals surface area contributed by atoms with Crippen molar-refractivity contribution in [3.63, 3.8) is 0 Å². The van der Waals surface area contributed by atoms with E-state index in [1.807, 2.05) is 0 Å². The van der Waals surface area contributed by atoms with Crippen molar-refractivity contribution < 1.29 is 9.59 Å². The van der Waals surface area contributed by atoms with Gasteiger partial charge in [-0.05, 0) is 19.8 Å². The molecule has 1 unspecified atom stereocenters. The molecule has 2 heterocycles. The molecule has 1 spiro atoms. The highest BCUT2D eigenvalue weighted by Gasteiger charge is 2.50. The number of rotatable bonds is 1. The summed E-state index contributed by atoms with van der Waals surface area (Å²) in [4.78, 5) is 26.8. The summed E-state index contributed by atoms with van der Waals surface area (Å²) in [6.45, 7) is 1.76. The number of hydrogen-bond donors (Lipinski definition) is 1. The second kappa shape index (κ2) is 4.61. The molecule has 1 N–H and O–H groups in total. The summed E-state index contributed by atoms with van der Waals surface area (Å²) in [6, 6.07) is -0.487. The Morgan fingerprint density at radius 2 is 2.00 bits per heavy atom. The van der Waals surface area contributed by atoms with E-state index in [9.17, 15) is 9.59 Å². The number of nitrogens with zero attached hydrogens (tertiary/aromatic N) is 3. The van der Waals surface area contributed by atoms with Gasteiger partial charge in [-0.2, -0.15) is 5.10 Å². The first-order chi connectivity index (χ1) is 9.53. The van der Waals surface area contributed by atoms with Gasteiger partial charge in [0, 0.05) is 13.2 Å². The Morgan fingerprint density at radius 3 is 2.60 bits per heavy atom. The number of amides is 2. The van der Waals surface area contributed by atoms with Gasteiger partial charge in [-0.1, -0.05) is 19.3 Å². The number of nitrogens with one attached hydrogen (secondary N) is 1. The van der Waals surface area contributed by atoms with E-state index in [-0.39, 0.29) is 11.8 Å². The molecular formula is C14H20N4O2. The van der Waals surface area contributed by atoms with Crippen molar-refractivity contribution in [1.82, 2.24) is 15.1 Å². The maximum absolute atomic E-state index is 12.9. The first kappa shape index (κ1) is 13.1. The highest BCUT2D eigenvalue weighted by Crippen LogP contribution is 2.35. The Bertz CT molecular complexity index is 545. The zero-order chi connectivity index (χ0) is 14.3. The molecule has 20 heavy (non-hydrogen) atoms. The first-order valence-corrected chi connectivity index (χ1v) is 7.18. The van der Waals surface area contributed by atoms with E-state index >= 15 is 0 Å². The lowest BCUT2D eigenvalue weighted by Crippen LogP contribution is -2.70. The summed E-state index contributed by atoms with van der Waals surface area (Å²) in [5.74, 6) is -0.0624. The molecular weight excluding hydrogens is 256 g/mol. The third-order valence-electron chi connectivity index (χ3n) is 4.43. The van der Waals surface area contributed by atoms with Crippen molar-refractivity contribution in [2.75, 3.05) is 4.90 Å². The number of anilines is 1. The molecule has 6 nitrogen and oxygen atoms in total. The molecule has 1 atom stereocenters. The summed E-state index contributed by atoms with van der Waals surface area (Å²) in [5.41, 5.74) is 0.00215. The normalized spacial score (nSPS) is 25.9. The van der Waals surface area contributed by atoms with Gasteiger partial charge in [-0.25, -0.2) is 0 Å². The SMILES string of the molecule is CC1C(=O)NC2(CCCCC2)C(=O)N1c1cnn(C)c1.